The van der Waals surface area contributed by atoms with Gasteiger partial charge < -0.3 is 9.41 Å². The second-order valence-corrected chi connectivity index (χ2v) is 13.6. The summed E-state index contributed by atoms with van der Waals surface area (Å²) in [5.74, 6) is 0.209. The minimum atomic E-state index is -1.80. The zero-order chi connectivity index (χ0) is 18.9. The van der Waals surface area contributed by atoms with Crippen molar-refractivity contribution >= 4 is 19.7 Å². The fourth-order valence-corrected chi connectivity index (χ4v) is 3.94. The third-order valence-corrected chi connectivity index (χ3v) is 10.2. The van der Waals surface area contributed by atoms with E-state index < -0.39 is 8.32 Å². The highest BCUT2D eigenvalue weighted by Gasteiger charge is 2.37. The van der Waals surface area contributed by atoms with Crippen LogP contribution in [0.3, 0.4) is 0 Å². The molecule has 0 saturated heterocycles. The summed E-state index contributed by atoms with van der Waals surface area (Å²) in [6, 6.07) is 6.59. The van der Waals surface area contributed by atoms with Gasteiger partial charge in [0.15, 0.2) is 8.32 Å². The first-order valence-electron chi connectivity index (χ1n) is 8.56. The second kappa shape index (κ2) is 7.06. The molecular weight excluding hydrogens is 365 g/mol. The molecule has 0 aliphatic carbocycles. The number of thiazole rings is 1. The lowest BCUT2D eigenvalue weighted by molar-refractivity contribution is 0.276. The number of nitrogens with one attached hydrogen (secondary N) is 1. The molecule has 0 saturated carbocycles. The second-order valence-electron chi connectivity index (χ2n) is 7.80. The summed E-state index contributed by atoms with van der Waals surface area (Å²) < 4.78 is 20.1. The topological polar surface area (TPSA) is 50.8 Å². The predicted molar refractivity (Wildman–Crippen MR) is 107 cm³/mol. The third-order valence-electron chi connectivity index (χ3n) is 4.90. The molecule has 138 valence electrons. The average Bonchev–Trinajstić information content (AvgIpc) is 3.21. The average molecular weight is 390 g/mol. The zero-order valence-corrected chi connectivity index (χ0v) is 17.6. The number of benzene rings is 1. The van der Waals surface area contributed by atoms with Gasteiger partial charge in [-0.05, 0) is 30.3 Å². The van der Waals surface area contributed by atoms with E-state index in [1.165, 1.54) is 6.07 Å². The summed E-state index contributed by atoms with van der Waals surface area (Å²) in [4.78, 5) is 12.1. The van der Waals surface area contributed by atoms with E-state index in [2.05, 4.69) is 48.8 Å². The number of imidazole rings is 1. The maximum Gasteiger partial charge on any atom is 0.192 e. The highest BCUT2D eigenvalue weighted by molar-refractivity contribution is 7.09. The molecular formula is C19H24FN3OSSi. The number of halogens is 1. The van der Waals surface area contributed by atoms with Crippen molar-refractivity contribution in [1.29, 1.82) is 0 Å². The van der Waals surface area contributed by atoms with Crippen molar-refractivity contribution in [3.63, 3.8) is 0 Å². The molecule has 7 heteroatoms. The molecule has 2 aromatic heterocycles. The number of aromatic amines is 1. The molecule has 3 aromatic rings. The SMILES string of the molecule is CC(C)(C)[Si](C)(C)OCc1nc(-c2cnc(-c3ccccc3F)[nH]2)cs1. The molecule has 0 aliphatic heterocycles. The Morgan fingerprint density at radius 1 is 1.23 bits per heavy atom. The number of rotatable bonds is 5. The number of hydrogen-bond donors (Lipinski definition) is 1. The normalized spacial score (nSPS) is 12.5. The molecule has 3 rings (SSSR count). The molecule has 1 aromatic carbocycles. The van der Waals surface area contributed by atoms with Crippen LogP contribution in [-0.2, 0) is 11.0 Å². The van der Waals surface area contributed by atoms with Crippen LogP contribution in [0.4, 0.5) is 4.39 Å². The van der Waals surface area contributed by atoms with Gasteiger partial charge in [-0.3, -0.25) is 0 Å². The molecule has 2 heterocycles. The molecule has 0 radical (unpaired) electrons. The van der Waals surface area contributed by atoms with E-state index in [4.69, 9.17) is 4.43 Å². The summed E-state index contributed by atoms with van der Waals surface area (Å²) in [5, 5.41) is 3.08. The van der Waals surface area contributed by atoms with Crippen LogP contribution in [0, 0.1) is 5.82 Å². The molecule has 0 fully saturated rings. The van der Waals surface area contributed by atoms with Crippen LogP contribution in [0.1, 0.15) is 25.8 Å². The van der Waals surface area contributed by atoms with E-state index in [0.29, 0.717) is 18.0 Å². The van der Waals surface area contributed by atoms with Crippen molar-refractivity contribution in [3.05, 3.63) is 46.7 Å². The minimum absolute atomic E-state index is 0.172. The first-order chi connectivity index (χ1) is 12.2. The van der Waals surface area contributed by atoms with Crippen molar-refractivity contribution in [2.24, 2.45) is 0 Å². The van der Waals surface area contributed by atoms with Crippen molar-refractivity contribution in [1.82, 2.24) is 15.0 Å². The van der Waals surface area contributed by atoms with Crippen LogP contribution in [0.5, 0.6) is 0 Å². The van der Waals surface area contributed by atoms with Crippen molar-refractivity contribution in [2.45, 2.75) is 45.5 Å². The van der Waals surface area contributed by atoms with Crippen molar-refractivity contribution < 1.29 is 8.82 Å². The smallest absolute Gasteiger partial charge is 0.192 e. The molecule has 26 heavy (non-hydrogen) atoms. The molecule has 0 spiro atoms. The van der Waals surface area contributed by atoms with Gasteiger partial charge in [0.05, 0.1) is 29.8 Å². The first kappa shape index (κ1) is 18.9. The Morgan fingerprint density at radius 2 is 1.96 bits per heavy atom. The van der Waals surface area contributed by atoms with E-state index >= 15 is 0 Å². The van der Waals surface area contributed by atoms with Gasteiger partial charge in [-0.1, -0.05) is 32.9 Å². The van der Waals surface area contributed by atoms with Gasteiger partial charge in [0.2, 0.25) is 0 Å². The van der Waals surface area contributed by atoms with Gasteiger partial charge in [0.1, 0.15) is 16.6 Å². The van der Waals surface area contributed by atoms with Crippen LogP contribution in [-0.4, -0.2) is 23.3 Å². The Bertz CT molecular complexity index is 898. The van der Waals surface area contributed by atoms with E-state index in [-0.39, 0.29) is 10.9 Å². The lowest BCUT2D eigenvalue weighted by atomic mass is 10.2. The minimum Gasteiger partial charge on any atom is -0.410 e. The Hall–Kier alpha value is -1.83. The summed E-state index contributed by atoms with van der Waals surface area (Å²) >= 11 is 1.57. The van der Waals surface area contributed by atoms with Crippen molar-refractivity contribution in [2.75, 3.05) is 0 Å². The van der Waals surface area contributed by atoms with Gasteiger partial charge >= 0.3 is 0 Å². The predicted octanol–water partition coefficient (Wildman–Crippen LogP) is 5.86. The van der Waals surface area contributed by atoms with E-state index in [0.717, 1.165) is 16.4 Å². The fourth-order valence-electron chi connectivity index (χ4n) is 2.20. The van der Waals surface area contributed by atoms with Gasteiger partial charge in [-0.2, -0.15) is 0 Å². The number of nitrogens with zero attached hydrogens (tertiary/aromatic N) is 2. The van der Waals surface area contributed by atoms with E-state index in [1.807, 2.05) is 5.38 Å². The lowest BCUT2D eigenvalue weighted by Gasteiger charge is -2.35. The molecule has 1 N–H and O–H groups in total. The van der Waals surface area contributed by atoms with Crippen LogP contribution < -0.4 is 0 Å². The Labute approximate surface area is 158 Å². The van der Waals surface area contributed by atoms with E-state index in [1.54, 1.807) is 35.7 Å². The molecule has 4 nitrogen and oxygen atoms in total. The number of hydrogen-bond acceptors (Lipinski definition) is 4. The zero-order valence-electron chi connectivity index (χ0n) is 15.8. The molecule has 0 atom stereocenters. The standard InChI is InChI=1S/C19H24FN3OSSi/c1-19(2,3)26(4,5)24-11-17-22-16(12-25-17)15-10-21-18(23-15)13-8-6-7-9-14(13)20/h6-10,12H,11H2,1-5H3,(H,21,23). The van der Waals surface area contributed by atoms with Crippen LogP contribution in [0.2, 0.25) is 18.1 Å². The number of H-pyrrole nitrogens is 1. The molecule has 0 bridgehead atoms. The van der Waals surface area contributed by atoms with Crippen LogP contribution in [0.15, 0.2) is 35.8 Å². The Balaban J connectivity index is 1.74. The fraction of sp³-hybridized carbons (Fsp3) is 0.368. The first-order valence-corrected chi connectivity index (χ1v) is 12.3. The summed E-state index contributed by atoms with van der Waals surface area (Å²) in [5.41, 5.74) is 2.03. The molecule has 0 amide bonds. The largest absolute Gasteiger partial charge is 0.410 e. The van der Waals surface area contributed by atoms with Crippen molar-refractivity contribution in [3.8, 4) is 22.8 Å². The Morgan fingerprint density at radius 3 is 2.65 bits per heavy atom. The summed E-state index contributed by atoms with van der Waals surface area (Å²) in [6.07, 6.45) is 1.69. The Kier molecular flexibility index (Phi) is 5.14. The maximum atomic E-state index is 13.9. The van der Waals surface area contributed by atoms with Crippen LogP contribution in [0.25, 0.3) is 22.8 Å². The highest BCUT2D eigenvalue weighted by Crippen LogP contribution is 2.37. The summed E-state index contributed by atoms with van der Waals surface area (Å²) in [7, 11) is -1.80. The monoisotopic (exact) mass is 389 g/mol. The lowest BCUT2D eigenvalue weighted by Crippen LogP contribution is -2.40. The van der Waals surface area contributed by atoms with Gasteiger partial charge in [-0.25, -0.2) is 14.4 Å². The quantitative estimate of drug-likeness (QED) is 0.556. The molecule has 0 unspecified atom stereocenters. The summed E-state index contributed by atoms with van der Waals surface area (Å²) in [6.45, 7) is 11.7. The maximum absolute atomic E-state index is 13.9. The van der Waals surface area contributed by atoms with Crippen LogP contribution >= 0.6 is 11.3 Å². The van der Waals surface area contributed by atoms with Gasteiger partial charge in [0, 0.05) is 5.38 Å². The molecule has 0 aliphatic rings. The van der Waals surface area contributed by atoms with Gasteiger partial charge in [0.25, 0.3) is 0 Å². The third kappa shape index (κ3) is 3.95. The highest BCUT2D eigenvalue weighted by atomic mass is 32.1. The van der Waals surface area contributed by atoms with Gasteiger partial charge in [-0.15, -0.1) is 11.3 Å². The van der Waals surface area contributed by atoms with E-state index in [9.17, 15) is 4.39 Å². The number of aromatic nitrogens is 3.